The molecule has 0 atom stereocenters. The quantitative estimate of drug-likeness (QED) is 0.572. The van der Waals surface area contributed by atoms with Crippen LogP contribution in [-0.2, 0) is 13.0 Å². The number of methoxy groups -OCH3 is 1. The Hall–Kier alpha value is -3.30. The van der Waals surface area contributed by atoms with Crippen molar-refractivity contribution in [2.24, 2.45) is 0 Å². The molecule has 0 aliphatic heterocycles. The third-order valence-electron chi connectivity index (χ3n) is 4.44. The molecule has 0 saturated heterocycles. The van der Waals surface area contributed by atoms with Crippen molar-refractivity contribution in [2.45, 2.75) is 26.9 Å². The Morgan fingerprint density at radius 2 is 2.07 bits per heavy atom. The molecule has 4 rings (SSSR count). The van der Waals surface area contributed by atoms with Gasteiger partial charge >= 0.3 is 0 Å². The van der Waals surface area contributed by atoms with Gasteiger partial charge in [-0.1, -0.05) is 13.8 Å². The molecular formula is C21H21N3O3. The second-order valence-corrected chi connectivity index (χ2v) is 5.81. The van der Waals surface area contributed by atoms with Crippen LogP contribution in [0.15, 0.2) is 34.7 Å². The SMILES string of the molecule is CC.COc1ccc2c(c1)Cc1c-2nc(N)c(C#N)c1-c1ccc(CO)o1. The van der Waals surface area contributed by atoms with E-state index in [4.69, 9.17) is 14.9 Å². The van der Waals surface area contributed by atoms with Crippen molar-refractivity contribution in [1.82, 2.24) is 4.98 Å². The Morgan fingerprint density at radius 1 is 1.30 bits per heavy atom. The van der Waals surface area contributed by atoms with Crippen LogP contribution in [-0.4, -0.2) is 17.2 Å². The second kappa shape index (κ2) is 7.52. The molecule has 0 saturated carbocycles. The van der Waals surface area contributed by atoms with Gasteiger partial charge in [-0.25, -0.2) is 4.98 Å². The summed E-state index contributed by atoms with van der Waals surface area (Å²) >= 11 is 0. The number of pyridine rings is 1. The van der Waals surface area contributed by atoms with Gasteiger partial charge in [0.1, 0.15) is 41.3 Å². The highest BCUT2D eigenvalue weighted by molar-refractivity contribution is 5.87. The number of hydrogen-bond donors (Lipinski definition) is 2. The van der Waals surface area contributed by atoms with Crippen LogP contribution in [0.1, 0.15) is 36.3 Å². The Bertz CT molecular complexity index is 1030. The number of furan rings is 1. The minimum absolute atomic E-state index is 0.168. The van der Waals surface area contributed by atoms with E-state index in [1.807, 2.05) is 32.0 Å². The van der Waals surface area contributed by atoms with Gasteiger partial charge in [0.2, 0.25) is 0 Å². The maximum absolute atomic E-state index is 9.57. The molecule has 0 unspecified atom stereocenters. The van der Waals surface area contributed by atoms with Crippen molar-refractivity contribution in [3.8, 4) is 34.4 Å². The minimum Gasteiger partial charge on any atom is -0.497 e. The number of fused-ring (bicyclic) bond motifs is 3. The van der Waals surface area contributed by atoms with Crippen LogP contribution < -0.4 is 10.5 Å². The van der Waals surface area contributed by atoms with Crippen LogP contribution in [0.5, 0.6) is 5.75 Å². The van der Waals surface area contributed by atoms with Gasteiger partial charge in [-0.05, 0) is 41.5 Å². The van der Waals surface area contributed by atoms with Crippen LogP contribution in [0.4, 0.5) is 5.82 Å². The number of nitrogens with two attached hydrogens (primary N) is 1. The fourth-order valence-corrected chi connectivity index (χ4v) is 3.28. The number of nitrogen functional groups attached to an aromatic ring is 1. The van der Waals surface area contributed by atoms with Crippen molar-refractivity contribution in [2.75, 3.05) is 12.8 Å². The van der Waals surface area contributed by atoms with Crippen LogP contribution in [0, 0.1) is 11.3 Å². The minimum atomic E-state index is -0.206. The summed E-state index contributed by atoms with van der Waals surface area (Å²) in [5, 5.41) is 18.8. The zero-order valence-electron chi connectivity index (χ0n) is 15.5. The number of anilines is 1. The Kier molecular flexibility index (Phi) is 5.15. The topological polar surface area (TPSA) is 105 Å². The van der Waals surface area contributed by atoms with Crippen molar-refractivity contribution in [3.05, 3.63) is 52.8 Å². The van der Waals surface area contributed by atoms with Gasteiger partial charge in [-0.2, -0.15) is 5.26 Å². The number of hydrogen-bond acceptors (Lipinski definition) is 6. The summed E-state index contributed by atoms with van der Waals surface area (Å²) in [7, 11) is 1.62. The molecule has 0 bridgehead atoms. The molecule has 6 nitrogen and oxygen atoms in total. The van der Waals surface area contributed by atoms with E-state index >= 15 is 0 Å². The normalized spacial score (nSPS) is 11.1. The fraction of sp³-hybridized carbons (Fsp3) is 0.238. The third kappa shape index (κ3) is 3.03. The van der Waals surface area contributed by atoms with E-state index in [1.165, 1.54) is 0 Å². The predicted octanol–water partition coefficient (Wildman–Crippen LogP) is 3.89. The fourth-order valence-electron chi connectivity index (χ4n) is 3.28. The van der Waals surface area contributed by atoms with Crippen LogP contribution in [0.25, 0.3) is 22.6 Å². The number of rotatable bonds is 3. The standard InChI is InChI=1S/C19H15N3O3.C2H6/c1-24-11-2-4-13-10(6-11)7-14-17(16-5-3-12(9-23)25-16)15(8-20)19(21)22-18(13)14;1-2/h2-6,23H,7,9H2,1H3,(H2,21,22);1-2H3. The van der Waals surface area contributed by atoms with Gasteiger partial charge < -0.3 is 20.0 Å². The summed E-state index contributed by atoms with van der Waals surface area (Å²) in [6.07, 6.45) is 0.605. The largest absolute Gasteiger partial charge is 0.497 e. The predicted molar refractivity (Wildman–Crippen MR) is 103 cm³/mol. The second-order valence-electron chi connectivity index (χ2n) is 5.81. The first-order valence-corrected chi connectivity index (χ1v) is 8.76. The van der Waals surface area contributed by atoms with Crippen molar-refractivity contribution in [3.63, 3.8) is 0 Å². The first-order valence-electron chi connectivity index (χ1n) is 8.76. The van der Waals surface area contributed by atoms with Crippen molar-refractivity contribution < 1.29 is 14.3 Å². The molecule has 6 heteroatoms. The monoisotopic (exact) mass is 363 g/mol. The highest BCUT2D eigenvalue weighted by Gasteiger charge is 2.29. The molecule has 0 spiro atoms. The lowest BCUT2D eigenvalue weighted by molar-refractivity contribution is 0.248. The summed E-state index contributed by atoms with van der Waals surface area (Å²) in [5.41, 5.74) is 10.7. The van der Waals surface area contributed by atoms with Gasteiger partial charge in [0.25, 0.3) is 0 Å². The van der Waals surface area contributed by atoms with E-state index in [9.17, 15) is 10.4 Å². The Labute approximate surface area is 157 Å². The molecule has 1 aromatic carbocycles. The number of aliphatic hydroxyl groups is 1. The smallest absolute Gasteiger partial charge is 0.142 e. The summed E-state index contributed by atoms with van der Waals surface area (Å²) in [5.74, 6) is 1.87. The number of nitrogens with zero attached hydrogens (tertiary/aromatic N) is 2. The Balaban J connectivity index is 0.00000102. The molecule has 0 amide bonds. The lowest BCUT2D eigenvalue weighted by Gasteiger charge is -2.10. The summed E-state index contributed by atoms with van der Waals surface area (Å²) in [6.45, 7) is 3.79. The van der Waals surface area contributed by atoms with E-state index in [2.05, 4.69) is 11.1 Å². The van der Waals surface area contributed by atoms with Gasteiger partial charge in [0, 0.05) is 17.5 Å². The summed E-state index contributed by atoms with van der Waals surface area (Å²) in [6, 6.07) is 11.3. The molecule has 3 aromatic rings. The summed E-state index contributed by atoms with van der Waals surface area (Å²) in [4.78, 5) is 4.46. The molecule has 0 radical (unpaired) electrons. The van der Waals surface area contributed by atoms with E-state index in [0.717, 1.165) is 28.1 Å². The van der Waals surface area contributed by atoms with Crippen LogP contribution in [0.2, 0.25) is 0 Å². The molecule has 1 aliphatic rings. The molecule has 0 fully saturated rings. The van der Waals surface area contributed by atoms with E-state index in [0.29, 0.717) is 23.5 Å². The number of aromatic nitrogens is 1. The highest BCUT2D eigenvalue weighted by atomic mass is 16.5. The Morgan fingerprint density at radius 3 is 2.70 bits per heavy atom. The van der Waals surface area contributed by atoms with Crippen molar-refractivity contribution in [1.29, 1.82) is 5.26 Å². The first kappa shape index (κ1) is 18.5. The van der Waals surface area contributed by atoms with Crippen LogP contribution >= 0.6 is 0 Å². The first-order chi connectivity index (χ1) is 13.2. The molecule has 138 valence electrons. The molecule has 1 aliphatic carbocycles. The molecule has 27 heavy (non-hydrogen) atoms. The third-order valence-corrected chi connectivity index (χ3v) is 4.44. The molecule has 2 heterocycles. The lowest BCUT2D eigenvalue weighted by atomic mass is 9.98. The average molecular weight is 363 g/mol. The number of aliphatic hydroxyl groups excluding tert-OH is 1. The average Bonchev–Trinajstić information content (AvgIpc) is 3.32. The van der Waals surface area contributed by atoms with Crippen molar-refractivity contribution >= 4 is 5.82 Å². The molecular weight excluding hydrogens is 342 g/mol. The zero-order chi connectivity index (χ0) is 19.6. The van der Waals surface area contributed by atoms with E-state index < -0.39 is 0 Å². The summed E-state index contributed by atoms with van der Waals surface area (Å²) < 4.78 is 11.0. The maximum Gasteiger partial charge on any atom is 0.142 e. The van der Waals surface area contributed by atoms with Gasteiger partial charge in [0.15, 0.2) is 0 Å². The number of ether oxygens (including phenoxy) is 1. The van der Waals surface area contributed by atoms with Gasteiger partial charge in [-0.3, -0.25) is 0 Å². The van der Waals surface area contributed by atoms with Gasteiger partial charge in [-0.15, -0.1) is 0 Å². The van der Waals surface area contributed by atoms with E-state index in [-0.39, 0.29) is 18.0 Å². The number of benzene rings is 1. The molecule has 2 aromatic heterocycles. The highest BCUT2D eigenvalue weighted by Crippen LogP contribution is 2.44. The maximum atomic E-state index is 9.57. The van der Waals surface area contributed by atoms with Gasteiger partial charge in [0.05, 0.1) is 12.8 Å². The molecule has 3 N–H and O–H groups in total. The zero-order valence-corrected chi connectivity index (χ0v) is 15.5. The lowest BCUT2D eigenvalue weighted by Crippen LogP contribution is -2.02. The van der Waals surface area contributed by atoms with Crippen LogP contribution in [0.3, 0.4) is 0 Å². The van der Waals surface area contributed by atoms with E-state index in [1.54, 1.807) is 19.2 Å². The number of nitriles is 1.